The molecule has 0 aromatic heterocycles. The van der Waals surface area contributed by atoms with E-state index in [0.717, 1.165) is 44.9 Å². The lowest BCUT2D eigenvalue weighted by atomic mass is 9.99. The van der Waals surface area contributed by atoms with Crippen LogP contribution in [-0.4, -0.2) is 61.9 Å². The molecule has 0 saturated carbocycles. The van der Waals surface area contributed by atoms with Crippen molar-refractivity contribution in [2.75, 3.05) is 40.3 Å². The summed E-state index contributed by atoms with van der Waals surface area (Å²) in [4.78, 5) is 20.3. The van der Waals surface area contributed by atoms with Crippen molar-refractivity contribution in [3.63, 3.8) is 0 Å². The monoisotopic (exact) mass is 458 g/mol. The molecule has 1 fully saturated rings. The SMILES string of the molecule is CCCCNC(=NCC(=O)N(C)C)N1CCC(c2ccccc2)C1.I. The fraction of sp³-hybridized carbons (Fsp3) is 0.579. The molecule has 1 unspecified atom stereocenters. The van der Waals surface area contributed by atoms with Crippen molar-refractivity contribution in [1.29, 1.82) is 0 Å². The fourth-order valence-electron chi connectivity index (χ4n) is 2.88. The molecule has 5 nitrogen and oxygen atoms in total. The second-order valence-corrected chi connectivity index (χ2v) is 6.55. The minimum absolute atomic E-state index is 0. The van der Waals surface area contributed by atoms with Gasteiger partial charge in [-0.3, -0.25) is 4.79 Å². The van der Waals surface area contributed by atoms with Gasteiger partial charge in [-0.25, -0.2) is 4.99 Å². The minimum Gasteiger partial charge on any atom is -0.356 e. The molecule has 0 bridgehead atoms. The molecule has 6 heteroatoms. The zero-order chi connectivity index (χ0) is 17.4. The van der Waals surface area contributed by atoms with Gasteiger partial charge in [-0.1, -0.05) is 43.7 Å². The van der Waals surface area contributed by atoms with E-state index in [9.17, 15) is 4.79 Å². The second-order valence-electron chi connectivity index (χ2n) is 6.55. The van der Waals surface area contributed by atoms with E-state index in [-0.39, 0.29) is 36.4 Å². The number of aliphatic imine (C=N–C) groups is 1. The molecule has 140 valence electrons. The lowest BCUT2D eigenvalue weighted by Crippen LogP contribution is -2.41. The Morgan fingerprint density at radius 1 is 1.32 bits per heavy atom. The van der Waals surface area contributed by atoms with Gasteiger partial charge in [0.1, 0.15) is 6.54 Å². The Morgan fingerprint density at radius 2 is 2.04 bits per heavy atom. The van der Waals surface area contributed by atoms with Crippen LogP contribution in [0.2, 0.25) is 0 Å². The highest BCUT2D eigenvalue weighted by Crippen LogP contribution is 2.26. The number of carbonyl (C=O) groups excluding carboxylic acids is 1. The van der Waals surface area contributed by atoms with E-state index in [1.807, 2.05) is 0 Å². The van der Waals surface area contributed by atoms with E-state index in [0.29, 0.717) is 5.92 Å². The summed E-state index contributed by atoms with van der Waals surface area (Å²) >= 11 is 0. The largest absolute Gasteiger partial charge is 0.356 e. The number of halogens is 1. The number of likely N-dealkylation sites (tertiary alicyclic amines) is 1. The van der Waals surface area contributed by atoms with Crippen LogP contribution in [0.4, 0.5) is 0 Å². The van der Waals surface area contributed by atoms with Crippen LogP contribution in [-0.2, 0) is 4.79 Å². The first-order chi connectivity index (χ1) is 11.6. The third-order valence-corrected chi connectivity index (χ3v) is 4.44. The molecule has 1 heterocycles. The highest BCUT2D eigenvalue weighted by atomic mass is 127. The van der Waals surface area contributed by atoms with E-state index >= 15 is 0 Å². The number of hydrogen-bond donors (Lipinski definition) is 1. The molecule has 2 rings (SSSR count). The molecule has 25 heavy (non-hydrogen) atoms. The van der Waals surface area contributed by atoms with Crippen LogP contribution in [0, 0.1) is 0 Å². The highest BCUT2D eigenvalue weighted by molar-refractivity contribution is 14.0. The van der Waals surface area contributed by atoms with Crippen LogP contribution in [0.15, 0.2) is 35.3 Å². The molecule has 1 saturated heterocycles. The number of amides is 1. The van der Waals surface area contributed by atoms with Gasteiger partial charge in [0.2, 0.25) is 5.91 Å². The Kier molecular flexibility index (Phi) is 9.85. The number of likely N-dealkylation sites (N-methyl/N-ethyl adjacent to an activating group) is 1. The Hall–Kier alpha value is -1.31. The van der Waals surface area contributed by atoms with Gasteiger partial charge < -0.3 is 15.1 Å². The number of carbonyl (C=O) groups is 1. The number of benzene rings is 1. The normalized spacial score (nSPS) is 17.2. The molecule has 1 aliphatic rings. The van der Waals surface area contributed by atoms with Crippen molar-refractivity contribution >= 4 is 35.8 Å². The second kappa shape index (κ2) is 11.3. The number of unbranched alkanes of at least 4 members (excludes halogenated alkanes) is 1. The first kappa shape index (κ1) is 21.7. The van der Waals surface area contributed by atoms with E-state index in [4.69, 9.17) is 0 Å². The van der Waals surface area contributed by atoms with Gasteiger partial charge in [-0.05, 0) is 18.4 Å². The molecule has 0 aliphatic carbocycles. The molecular weight excluding hydrogens is 427 g/mol. The summed E-state index contributed by atoms with van der Waals surface area (Å²) in [5, 5.41) is 3.43. The lowest BCUT2D eigenvalue weighted by Gasteiger charge is -2.22. The molecule has 1 aromatic carbocycles. The number of rotatable bonds is 6. The van der Waals surface area contributed by atoms with E-state index in [1.165, 1.54) is 5.56 Å². The highest BCUT2D eigenvalue weighted by Gasteiger charge is 2.26. The number of hydrogen-bond acceptors (Lipinski definition) is 2. The van der Waals surface area contributed by atoms with Crippen molar-refractivity contribution < 1.29 is 4.79 Å². The third kappa shape index (κ3) is 6.84. The van der Waals surface area contributed by atoms with Gasteiger partial charge in [-0.2, -0.15) is 0 Å². The summed E-state index contributed by atoms with van der Waals surface area (Å²) in [7, 11) is 3.53. The first-order valence-electron chi connectivity index (χ1n) is 8.90. The van der Waals surface area contributed by atoms with E-state index in [1.54, 1.807) is 19.0 Å². The molecule has 0 radical (unpaired) electrons. The lowest BCUT2D eigenvalue weighted by molar-refractivity contribution is -0.127. The summed E-state index contributed by atoms with van der Waals surface area (Å²) < 4.78 is 0. The van der Waals surface area contributed by atoms with Crippen molar-refractivity contribution in [3.8, 4) is 0 Å². The van der Waals surface area contributed by atoms with Crippen LogP contribution in [0.5, 0.6) is 0 Å². The molecule has 1 amide bonds. The maximum atomic E-state index is 11.9. The minimum atomic E-state index is 0. The topological polar surface area (TPSA) is 47.9 Å². The van der Waals surface area contributed by atoms with Gasteiger partial charge in [0.05, 0.1) is 0 Å². The maximum absolute atomic E-state index is 11.9. The molecule has 1 atom stereocenters. The molecule has 1 aromatic rings. The van der Waals surface area contributed by atoms with E-state index < -0.39 is 0 Å². The van der Waals surface area contributed by atoms with Gasteiger partial charge in [0, 0.05) is 39.6 Å². The number of nitrogens with zero attached hydrogens (tertiary/aromatic N) is 3. The average Bonchev–Trinajstić information content (AvgIpc) is 3.08. The van der Waals surface area contributed by atoms with Crippen molar-refractivity contribution in [2.45, 2.75) is 32.1 Å². The molecule has 0 spiro atoms. The number of guanidine groups is 1. The zero-order valence-corrected chi connectivity index (χ0v) is 17.9. The molecule has 1 N–H and O–H groups in total. The van der Waals surface area contributed by atoms with Gasteiger partial charge >= 0.3 is 0 Å². The quantitative estimate of drug-likeness (QED) is 0.309. The van der Waals surface area contributed by atoms with E-state index in [2.05, 4.69) is 52.5 Å². The Morgan fingerprint density at radius 3 is 2.68 bits per heavy atom. The van der Waals surface area contributed by atoms with Crippen molar-refractivity contribution in [3.05, 3.63) is 35.9 Å². The van der Waals surface area contributed by atoms with Crippen LogP contribution in [0.1, 0.15) is 37.7 Å². The standard InChI is InChI=1S/C19H30N4O.HI/c1-4-5-12-20-19(21-14-18(24)22(2)3)23-13-11-17(15-23)16-9-7-6-8-10-16;/h6-10,17H,4-5,11-15H2,1-3H3,(H,20,21);1H. The maximum Gasteiger partial charge on any atom is 0.243 e. The Balaban J connectivity index is 0.00000312. The first-order valence-corrected chi connectivity index (χ1v) is 8.90. The summed E-state index contributed by atoms with van der Waals surface area (Å²) in [5.41, 5.74) is 1.39. The zero-order valence-electron chi connectivity index (χ0n) is 15.6. The fourth-order valence-corrected chi connectivity index (χ4v) is 2.88. The van der Waals surface area contributed by atoms with Gasteiger partial charge in [0.15, 0.2) is 5.96 Å². The summed E-state index contributed by atoms with van der Waals surface area (Å²) in [6.45, 7) is 5.22. The molecular formula is C19H31IN4O. The van der Waals surface area contributed by atoms with Crippen molar-refractivity contribution in [2.24, 2.45) is 4.99 Å². The predicted molar refractivity (Wildman–Crippen MR) is 115 cm³/mol. The number of nitrogens with one attached hydrogen (secondary N) is 1. The van der Waals surface area contributed by atoms with Gasteiger partial charge in [-0.15, -0.1) is 24.0 Å². The molecule has 1 aliphatic heterocycles. The summed E-state index contributed by atoms with van der Waals surface area (Å²) in [6, 6.07) is 10.7. The average molecular weight is 458 g/mol. The Bertz CT molecular complexity index is 548. The van der Waals surface area contributed by atoms with Crippen LogP contribution in [0.25, 0.3) is 0 Å². The van der Waals surface area contributed by atoms with Crippen LogP contribution in [0.3, 0.4) is 0 Å². The van der Waals surface area contributed by atoms with Crippen LogP contribution >= 0.6 is 24.0 Å². The Labute approximate surface area is 168 Å². The summed E-state index contributed by atoms with van der Waals surface area (Å²) in [6.07, 6.45) is 3.38. The third-order valence-electron chi connectivity index (χ3n) is 4.44. The van der Waals surface area contributed by atoms with Crippen molar-refractivity contribution in [1.82, 2.24) is 15.1 Å². The van der Waals surface area contributed by atoms with Crippen LogP contribution < -0.4 is 5.32 Å². The smallest absolute Gasteiger partial charge is 0.243 e. The summed E-state index contributed by atoms with van der Waals surface area (Å²) in [5.74, 6) is 1.44. The van der Waals surface area contributed by atoms with Gasteiger partial charge in [0.25, 0.3) is 0 Å². The predicted octanol–water partition coefficient (Wildman–Crippen LogP) is 2.93.